The largest absolute Gasteiger partial charge is 0.496 e. The molecule has 0 unspecified atom stereocenters. The van der Waals surface area contributed by atoms with Crippen molar-refractivity contribution in [2.75, 3.05) is 27.9 Å². The van der Waals surface area contributed by atoms with E-state index in [1.807, 2.05) is 42.0 Å². The molecule has 210 valence electrons. The van der Waals surface area contributed by atoms with Gasteiger partial charge in [-0.1, -0.05) is 35.2 Å². The molecule has 0 bridgehead atoms. The first kappa shape index (κ1) is 30.0. The fourth-order valence-corrected chi connectivity index (χ4v) is 5.50. The summed E-state index contributed by atoms with van der Waals surface area (Å²) in [6, 6.07) is 13.3. The molecule has 11 nitrogen and oxygen atoms in total. The third-order valence-electron chi connectivity index (χ3n) is 5.82. The van der Waals surface area contributed by atoms with Crippen LogP contribution in [0.2, 0.25) is 0 Å². The van der Waals surface area contributed by atoms with Crippen LogP contribution in [0.4, 0.5) is 0 Å². The first-order chi connectivity index (χ1) is 18.6. The Balaban J connectivity index is 1.87. The van der Waals surface area contributed by atoms with E-state index in [1.54, 1.807) is 28.8 Å². The fraction of sp³-hybridized carbons (Fsp3) is 0.346. The van der Waals surface area contributed by atoms with Crippen LogP contribution < -0.4 is 19.1 Å². The van der Waals surface area contributed by atoms with Gasteiger partial charge in [0.25, 0.3) is 11.8 Å². The SMILES string of the molecule is CONS(=O)(=O)NC(=O)c1nc(CN(CCCc2ccccc2)C(=O)c2cc(OC)c(C)c(OC)c2)sc1C. The standard InChI is InChI=1S/C26H32N4O7S2/c1-17-21(35-3)14-20(15-22(17)36-4)26(32)30(13-9-12-19-10-7-6-8-11-19)16-23-27-24(18(2)38-23)25(31)28-39(33,34)29-37-5/h6-8,10-11,14-15,29H,9,12-13,16H2,1-5H3,(H,28,31). The summed E-state index contributed by atoms with van der Waals surface area (Å²) in [5, 5.41) is 0.480. The zero-order valence-corrected chi connectivity index (χ0v) is 24.1. The third kappa shape index (κ3) is 7.99. The number of carbonyl (C=O) groups is 2. The number of aromatic nitrogens is 1. The van der Waals surface area contributed by atoms with Crippen LogP contribution in [-0.2, 0) is 28.0 Å². The van der Waals surface area contributed by atoms with E-state index >= 15 is 0 Å². The average molecular weight is 577 g/mol. The molecule has 0 aliphatic rings. The van der Waals surface area contributed by atoms with E-state index in [9.17, 15) is 18.0 Å². The molecule has 2 aromatic carbocycles. The molecule has 3 aromatic rings. The lowest BCUT2D eigenvalue weighted by Crippen LogP contribution is -2.40. The topological polar surface area (TPSA) is 136 Å². The van der Waals surface area contributed by atoms with Gasteiger partial charge in [0.05, 0.1) is 27.9 Å². The lowest BCUT2D eigenvalue weighted by Gasteiger charge is -2.23. The van der Waals surface area contributed by atoms with Gasteiger partial charge in [0.15, 0.2) is 0 Å². The van der Waals surface area contributed by atoms with Crippen LogP contribution in [0.1, 0.15) is 48.3 Å². The second kappa shape index (κ2) is 13.5. The van der Waals surface area contributed by atoms with E-state index in [0.717, 1.165) is 24.7 Å². The van der Waals surface area contributed by atoms with Crippen LogP contribution in [-0.4, -0.2) is 58.0 Å². The van der Waals surface area contributed by atoms with Crippen molar-refractivity contribution in [2.45, 2.75) is 33.2 Å². The van der Waals surface area contributed by atoms with Crippen LogP contribution in [0.25, 0.3) is 0 Å². The van der Waals surface area contributed by atoms with Gasteiger partial charge in [-0.25, -0.2) is 9.71 Å². The molecule has 0 spiro atoms. The lowest BCUT2D eigenvalue weighted by atomic mass is 10.1. The van der Waals surface area contributed by atoms with Crippen molar-refractivity contribution in [3.63, 3.8) is 0 Å². The Morgan fingerprint density at radius 2 is 1.67 bits per heavy atom. The Labute approximate surface area is 232 Å². The molecule has 0 saturated heterocycles. The number of rotatable bonds is 13. The van der Waals surface area contributed by atoms with Gasteiger partial charge in [0, 0.05) is 22.5 Å². The highest BCUT2D eigenvalue weighted by molar-refractivity contribution is 7.88. The average Bonchev–Trinajstić information content (AvgIpc) is 3.28. The van der Waals surface area contributed by atoms with Crippen molar-refractivity contribution in [3.05, 3.63) is 74.7 Å². The molecule has 0 fully saturated rings. The zero-order valence-electron chi connectivity index (χ0n) is 22.4. The van der Waals surface area contributed by atoms with E-state index in [4.69, 9.17) is 9.47 Å². The van der Waals surface area contributed by atoms with E-state index in [2.05, 4.69) is 9.82 Å². The number of amides is 2. The maximum Gasteiger partial charge on any atom is 0.323 e. The number of nitrogens with zero attached hydrogens (tertiary/aromatic N) is 2. The van der Waals surface area contributed by atoms with Crippen molar-refractivity contribution in [1.29, 1.82) is 0 Å². The molecule has 1 aromatic heterocycles. The first-order valence-electron chi connectivity index (χ1n) is 12.0. The number of hydrogen-bond acceptors (Lipinski definition) is 9. The number of ether oxygens (including phenoxy) is 2. The summed E-state index contributed by atoms with van der Waals surface area (Å²) in [4.78, 5) is 38.9. The summed E-state index contributed by atoms with van der Waals surface area (Å²) >= 11 is 1.21. The Hall–Kier alpha value is -3.52. The molecule has 0 saturated carbocycles. The molecular weight excluding hydrogens is 544 g/mol. The molecule has 39 heavy (non-hydrogen) atoms. The predicted molar refractivity (Wildman–Crippen MR) is 147 cm³/mol. The number of aryl methyl sites for hydroxylation is 2. The Morgan fingerprint density at radius 3 is 2.26 bits per heavy atom. The third-order valence-corrected chi connectivity index (χ3v) is 7.62. The van der Waals surface area contributed by atoms with Crippen molar-refractivity contribution in [1.82, 2.24) is 19.5 Å². The maximum absolute atomic E-state index is 13.7. The Bertz CT molecular complexity index is 1380. The molecule has 0 radical (unpaired) electrons. The van der Waals surface area contributed by atoms with Gasteiger partial charge in [-0.3, -0.25) is 14.4 Å². The van der Waals surface area contributed by atoms with Gasteiger partial charge in [0.2, 0.25) is 0 Å². The van der Waals surface area contributed by atoms with Gasteiger partial charge in [-0.15, -0.1) is 11.3 Å². The minimum absolute atomic E-state index is 0.0492. The molecule has 0 atom stereocenters. The molecule has 3 rings (SSSR count). The Morgan fingerprint density at radius 1 is 1.03 bits per heavy atom. The van der Waals surface area contributed by atoms with Crippen molar-refractivity contribution in [3.8, 4) is 11.5 Å². The van der Waals surface area contributed by atoms with E-state index in [0.29, 0.717) is 39.9 Å². The number of thiazole rings is 1. The van der Waals surface area contributed by atoms with E-state index < -0.39 is 16.1 Å². The number of nitrogens with one attached hydrogen (secondary N) is 2. The number of carbonyl (C=O) groups excluding carboxylic acids is 2. The van der Waals surface area contributed by atoms with Crippen LogP contribution in [0.15, 0.2) is 42.5 Å². The van der Waals surface area contributed by atoms with Crippen molar-refractivity contribution in [2.24, 2.45) is 0 Å². The van der Waals surface area contributed by atoms with E-state index in [1.165, 1.54) is 25.6 Å². The summed E-state index contributed by atoms with van der Waals surface area (Å²) < 4.78 is 36.5. The summed E-state index contributed by atoms with van der Waals surface area (Å²) in [5.41, 5.74) is 2.26. The summed E-state index contributed by atoms with van der Waals surface area (Å²) in [5.74, 6) is -0.117. The van der Waals surface area contributed by atoms with Crippen molar-refractivity contribution < 1.29 is 32.3 Å². The number of benzene rings is 2. The summed E-state index contributed by atoms with van der Waals surface area (Å²) in [6.07, 6.45) is 1.45. The minimum Gasteiger partial charge on any atom is -0.496 e. The van der Waals surface area contributed by atoms with Crippen LogP contribution >= 0.6 is 11.3 Å². The second-order valence-electron chi connectivity index (χ2n) is 8.56. The molecule has 0 aliphatic carbocycles. The summed E-state index contributed by atoms with van der Waals surface area (Å²) in [7, 11) is -0.0426. The molecule has 0 aliphatic heterocycles. The van der Waals surface area contributed by atoms with Crippen LogP contribution in [0, 0.1) is 13.8 Å². The fourth-order valence-electron chi connectivity index (χ4n) is 3.96. The van der Waals surface area contributed by atoms with Gasteiger partial charge in [0.1, 0.15) is 22.2 Å². The predicted octanol–water partition coefficient (Wildman–Crippen LogP) is 3.18. The highest BCUT2D eigenvalue weighted by atomic mass is 32.2. The summed E-state index contributed by atoms with van der Waals surface area (Å²) in [6.45, 7) is 4.03. The number of hydrogen-bond donors (Lipinski definition) is 2. The minimum atomic E-state index is -4.21. The highest BCUT2D eigenvalue weighted by Gasteiger charge is 2.24. The van der Waals surface area contributed by atoms with E-state index in [-0.39, 0.29) is 18.1 Å². The van der Waals surface area contributed by atoms with Gasteiger partial charge >= 0.3 is 10.2 Å². The quantitative estimate of drug-likeness (QED) is 0.296. The molecule has 2 N–H and O–H groups in total. The lowest BCUT2D eigenvalue weighted by molar-refractivity contribution is 0.0740. The second-order valence-corrected chi connectivity index (χ2v) is 11.2. The molecule has 2 amide bonds. The Kier molecular flexibility index (Phi) is 10.4. The normalized spacial score (nSPS) is 11.2. The van der Waals surface area contributed by atoms with Gasteiger partial charge < -0.3 is 14.4 Å². The van der Waals surface area contributed by atoms with Gasteiger partial charge in [-0.05, 0) is 44.4 Å². The smallest absolute Gasteiger partial charge is 0.323 e. The van der Waals surface area contributed by atoms with Gasteiger partial charge in [-0.2, -0.15) is 8.42 Å². The van der Waals surface area contributed by atoms with Crippen LogP contribution in [0.3, 0.4) is 0 Å². The zero-order chi connectivity index (χ0) is 28.6. The molecule has 1 heterocycles. The maximum atomic E-state index is 13.7. The van der Waals surface area contributed by atoms with Crippen molar-refractivity contribution >= 4 is 33.4 Å². The molecular formula is C26H32N4O7S2. The highest BCUT2D eigenvalue weighted by Crippen LogP contribution is 2.30. The molecule has 13 heteroatoms. The number of methoxy groups -OCH3 is 2. The first-order valence-corrected chi connectivity index (χ1v) is 14.3. The monoisotopic (exact) mass is 576 g/mol. The van der Waals surface area contributed by atoms with Crippen LogP contribution in [0.5, 0.6) is 11.5 Å².